The van der Waals surface area contributed by atoms with E-state index in [1.54, 1.807) is 0 Å². The molecule has 104 valence electrons. The lowest BCUT2D eigenvalue weighted by Gasteiger charge is -2.07. The molecule has 0 fully saturated rings. The van der Waals surface area contributed by atoms with Crippen molar-refractivity contribution in [1.82, 2.24) is 5.32 Å². The van der Waals surface area contributed by atoms with E-state index >= 15 is 0 Å². The van der Waals surface area contributed by atoms with E-state index in [1.807, 2.05) is 0 Å². The third-order valence-electron chi connectivity index (χ3n) is 2.51. The molecule has 0 spiro atoms. The Kier molecular flexibility index (Phi) is 7.07. The zero-order chi connectivity index (χ0) is 14.3. The second kappa shape index (κ2) is 8.31. The van der Waals surface area contributed by atoms with Crippen LogP contribution in [0.5, 0.6) is 0 Å². The molecule has 1 aromatic carbocycles. The maximum absolute atomic E-state index is 11.9. The highest BCUT2D eigenvalue weighted by Crippen LogP contribution is 2.25. The SMILES string of the molecule is O=C(NCCCCCI)c1c(Cl)cccc1[N+](=O)[O-]. The van der Waals surface area contributed by atoms with E-state index in [0.717, 1.165) is 23.7 Å². The minimum Gasteiger partial charge on any atom is -0.352 e. The highest BCUT2D eigenvalue weighted by molar-refractivity contribution is 14.1. The van der Waals surface area contributed by atoms with Crippen molar-refractivity contribution in [3.63, 3.8) is 0 Å². The molecule has 0 aliphatic heterocycles. The van der Waals surface area contributed by atoms with Crippen molar-refractivity contribution in [1.29, 1.82) is 0 Å². The minimum absolute atomic E-state index is 0.0666. The molecule has 1 N–H and O–H groups in total. The van der Waals surface area contributed by atoms with Crippen molar-refractivity contribution in [3.8, 4) is 0 Å². The largest absolute Gasteiger partial charge is 0.352 e. The molecule has 5 nitrogen and oxygen atoms in total. The second-order valence-electron chi connectivity index (χ2n) is 3.90. The quantitative estimate of drug-likeness (QED) is 0.252. The molecule has 0 saturated carbocycles. The fourth-order valence-electron chi connectivity index (χ4n) is 1.58. The van der Waals surface area contributed by atoms with Gasteiger partial charge in [-0.3, -0.25) is 14.9 Å². The zero-order valence-electron chi connectivity index (χ0n) is 10.2. The Morgan fingerprint density at radius 2 is 2.11 bits per heavy atom. The first kappa shape index (κ1) is 16.2. The van der Waals surface area contributed by atoms with Crippen LogP contribution in [0.4, 0.5) is 5.69 Å². The average molecular weight is 397 g/mol. The summed E-state index contributed by atoms with van der Waals surface area (Å²) in [5.41, 5.74) is -0.333. The van der Waals surface area contributed by atoms with Crippen LogP contribution in [0.15, 0.2) is 18.2 Å². The summed E-state index contributed by atoms with van der Waals surface area (Å²) in [6.07, 6.45) is 2.98. The van der Waals surface area contributed by atoms with Crippen LogP contribution in [-0.2, 0) is 0 Å². The lowest BCUT2D eigenvalue weighted by Crippen LogP contribution is -2.25. The normalized spacial score (nSPS) is 10.2. The van der Waals surface area contributed by atoms with Gasteiger partial charge in [-0.25, -0.2) is 0 Å². The molecular formula is C12H14ClIN2O3. The van der Waals surface area contributed by atoms with Crippen molar-refractivity contribution >= 4 is 45.8 Å². The number of alkyl halides is 1. The number of nitrogens with zero attached hydrogens (tertiary/aromatic N) is 1. The van der Waals surface area contributed by atoms with Gasteiger partial charge in [0.05, 0.1) is 9.95 Å². The number of nitro groups is 1. The smallest absolute Gasteiger partial charge is 0.283 e. The summed E-state index contributed by atoms with van der Waals surface area (Å²) in [4.78, 5) is 22.2. The van der Waals surface area contributed by atoms with Gasteiger partial charge in [0.25, 0.3) is 11.6 Å². The maximum Gasteiger partial charge on any atom is 0.283 e. The highest BCUT2D eigenvalue weighted by Gasteiger charge is 2.22. The predicted molar refractivity (Wildman–Crippen MR) is 83.2 cm³/mol. The second-order valence-corrected chi connectivity index (χ2v) is 5.38. The Morgan fingerprint density at radius 1 is 1.37 bits per heavy atom. The van der Waals surface area contributed by atoms with Gasteiger partial charge >= 0.3 is 0 Å². The lowest BCUT2D eigenvalue weighted by molar-refractivity contribution is -0.385. The van der Waals surface area contributed by atoms with E-state index in [0.29, 0.717) is 6.54 Å². The van der Waals surface area contributed by atoms with Gasteiger partial charge in [-0.1, -0.05) is 46.7 Å². The van der Waals surface area contributed by atoms with Gasteiger partial charge in [0.1, 0.15) is 5.56 Å². The van der Waals surface area contributed by atoms with Crippen LogP contribution in [0.2, 0.25) is 5.02 Å². The summed E-state index contributed by atoms with van der Waals surface area (Å²) in [6, 6.07) is 4.20. The number of nitro benzene ring substituents is 1. The molecule has 0 heterocycles. The van der Waals surface area contributed by atoms with Crippen LogP contribution in [0.3, 0.4) is 0 Å². The first-order valence-electron chi connectivity index (χ1n) is 5.85. The first-order valence-corrected chi connectivity index (χ1v) is 7.75. The fraction of sp³-hybridized carbons (Fsp3) is 0.417. The van der Waals surface area contributed by atoms with Crippen LogP contribution >= 0.6 is 34.2 Å². The average Bonchev–Trinajstić information content (AvgIpc) is 2.37. The summed E-state index contributed by atoms with van der Waals surface area (Å²) < 4.78 is 1.09. The third kappa shape index (κ3) is 4.94. The van der Waals surface area contributed by atoms with Crippen molar-refractivity contribution in [2.45, 2.75) is 19.3 Å². The Labute approximate surface area is 130 Å². The maximum atomic E-state index is 11.9. The molecule has 0 aliphatic carbocycles. The Hall–Kier alpha value is -0.890. The number of carbonyl (C=O) groups excluding carboxylic acids is 1. The molecule has 1 amide bonds. The standard InChI is InChI=1S/C12H14ClIN2O3/c13-9-5-4-6-10(16(18)19)11(9)12(17)15-8-3-1-2-7-14/h4-6H,1-3,7-8H2,(H,15,17). The highest BCUT2D eigenvalue weighted by atomic mass is 127. The number of hydrogen-bond donors (Lipinski definition) is 1. The summed E-state index contributed by atoms with van der Waals surface area (Å²) in [7, 11) is 0. The number of carbonyl (C=O) groups is 1. The third-order valence-corrected chi connectivity index (χ3v) is 3.59. The minimum atomic E-state index is -0.600. The summed E-state index contributed by atoms with van der Waals surface area (Å²) in [5.74, 6) is -0.494. The summed E-state index contributed by atoms with van der Waals surface area (Å²) in [5, 5.41) is 13.6. The molecule has 0 saturated heterocycles. The van der Waals surface area contributed by atoms with E-state index < -0.39 is 10.8 Å². The topological polar surface area (TPSA) is 72.2 Å². The van der Waals surface area contributed by atoms with Gasteiger partial charge < -0.3 is 5.32 Å². The molecule has 0 atom stereocenters. The van der Waals surface area contributed by atoms with Crippen molar-refractivity contribution < 1.29 is 9.72 Å². The van der Waals surface area contributed by atoms with E-state index in [4.69, 9.17) is 11.6 Å². The number of halogens is 2. The molecule has 0 bridgehead atoms. The molecule has 0 aliphatic rings. The Bertz CT molecular complexity index is 468. The molecular weight excluding hydrogens is 383 g/mol. The molecule has 0 aromatic heterocycles. The van der Waals surface area contributed by atoms with Gasteiger partial charge in [0.2, 0.25) is 0 Å². The fourth-order valence-corrected chi connectivity index (χ4v) is 2.37. The van der Waals surface area contributed by atoms with Gasteiger partial charge in [-0.15, -0.1) is 0 Å². The number of nitrogens with one attached hydrogen (secondary N) is 1. The van der Waals surface area contributed by atoms with Crippen LogP contribution in [0.25, 0.3) is 0 Å². The van der Waals surface area contributed by atoms with Crippen LogP contribution in [-0.4, -0.2) is 21.8 Å². The molecule has 0 unspecified atom stereocenters. The van der Waals surface area contributed by atoms with Crippen molar-refractivity contribution in [2.24, 2.45) is 0 Å². The number of unbranched alkanes of at least 4 members (excludes halogenated alkanes) is 2. The number of amides is 1. The Balaban J connectivity index is 2.68. The van der Waals surface area contributed by atoms with E-state index in [-0.39, 0.29) is 16.3 Å². The molecule has 7 heteroatoms. The van der Waals surface area contributed by atoms with Gasteiger partial charge in [-0.2, -0.15) is 0 Å². The van der Waals surface area contributed by atoms with Crippen LogP contribution in [0.1, 0.15) is 29.6 Å². The monoisotopic (exact) mass is 396 g/mol. The lowest BCUT2D eigenvalue weighted by atomic mass is 10.1. The molecule has 19 heavy (non-hydrogen) atoms. The van der Waals surface area contributed by atoms with E-state index in [2.05, 4.69) is 27.9 Å². The molecule has 0 radical (unpaired) electrons. The van der Waals surface area contributed by atoms with Crippen molar-refractivity contribution in [3.05, 3.63) is 38.9 Å². The van der Waals surface area contributed by atoms with Gasteiger partial charge in [-0.05, 0) is 23.3 Å². The first-order chi connectivity index (χ1) is 9.07. The van der Waals surface area contributed by atoms with Crippen molar-refractivity contribution in [2.75, 3.05) is 11.0 Å². The molecule has 1 rings (SSSR count). The summed E-state index contributed by atoms with van der Waals surface area (Å²) >= 11 is 8.16. The van der Waals surface area contributed by atoms with Crippen LogP contribution in [0, 0.1) is 10.1 Å². The molecule has 1 aromatic rings. The zero-order valence-corrected chi connectivity index (χ0v) is 13.1. The van der Waals surface area contributed by atoms with E-state index in [1.165, 1.54) is 18.2 Å². The number of hydrogen-bond acceptors (Lipinski definition) is 3. The van der Waals surface area contributed by atoms with Gasteiger partial charge in [0.15, 0.2) is 0 Å². The van der Waals surface area contributed by atoms with Crippen LogP contribution < -0.4 is 5.32 Å². The summed E-state index contributed by atoms with van der Waals surface area (Å²) in [6.45, 7) is 0.498. The van der Waals surface area contributed by atoms with E-state index in [9.17, 15) is 14.9 Å². The number of rotatable bonds is 7. The van der Waals surface area contributed by atoms with Gasteiger partial charge in [0, 0.05) is 12.6 Å². The number of benzene rings is 1. The Morgan fingerprint density at radius 3 is 2.74 bits per heavy atom. The predicted octanol–water partition coefficient (Wildman–Crippen LogP) is 3.58.